The third-order valence-electron chi connectivity index (χ3n) is 7.83. The number of allylic oxidation sites excluding steroid dienone is 3. The second-order valence-electron chi connectivity index (χ2n) is 12.3. The highest BCUT2D eigenvalue weighted by atomic mass is 31.2. The van der Waals surface area contributed by atoms with Crippen molar-refractivity contribution >= 4 is 13.7 Å². The fraction of sp³-hybridized carbons (Fsp3) is 0.857. The minimum absolute atomic E-state index is 0.0477. The lowest BCUT2D eigenvalue weighted by Gasteiger charge is -2.24. The fourth-order valence-electron chi connectivity index (χ4n) is 5.05. The van der Waals surface area contributed by atoms with E-state index in [4.69, 9.17) is 14.8 Å². The molecule has 45 heavy (non-hydrogen) atoms. The van der Waals surface area contributed by atoms with Crippen LogP contribution in [0.25, 0.3) is 0 Å². The zero-order valence-electron chi connectivity index (χ0n) is 28.7. The Balaban J connectivity index is 4.52. The summed E-state index contributed by atoms with van der Waals surface area (Å²) in [4.78, 5) is 22.6. The van der Waals surface area contributed by atoms with Crippen molar-refractivity contribution in [1.29, 1.82) is 0 Å². The molecule has 0 aliphatic rings. The average molecular weight is 661 g/mol. The van der Waals surface area contributed by atoms with Crippen molar-refractivity contribution in [2.75, 3.05) is 19.8 Å². The van der Waals surface area contributed by atoms with Crippen molar-refractivity contribution in [2.45, 2.75) is 173 Å². The third-order valence-corrected chi connectivity index (χ3v) is 8.81. The molecule has 10 heteroatoms. The van der Waals surface area contributed by atoms with Crippen molar-refractivity contribution in [3.8, 4) is 0 Å². The molecule has 4 unspecified atom stereocenters. The highest BCUT2D eigenvalue weighted by Crippen LogP contribution is 2.43. The van der Waals surface area contributed by atoms with E-state index >= 15 is 0 Å². The van der Waals surface area contributed by atoms with E-state index in [9.17, 15) is 24.5 Å². The van der Waals surface area contributed by atoms with E-state index in [0.29, 0.717) is 6.42 Å². The third kappa shape index (κ3) is 30.0. The number of hydrogen-bond donors (Lipinski definition) is 5. The maximum atomic E-state index is 12.7. The van der Waals surface area contributed by atoms with E-state index in [1.165, 1.54) is 77.0 Å². The number of unbranched alkanes of at least 4 members (excludes halogenated alkanes) is 17. The number of amides is 1. The quantitative estimate of drug-likeness (QED) is 0.0270. The maximum absolute atomic E-state index is 12.7. The van der Waals surface area contributed by atoms with E-state index in [2.05, 4.69) is 31.3 Å². The molecule has 6 N–H and O–H groups in total. The van der Waals surface area contributed by atoms with Gasteiger partial charge in [0, 0.05) is 6.54 Å². The fourth-order valence-corrected chi connectivity index (χ4v) is 5.81. The normalized spacial score (nSPS) is 15.4. The van der Waals surface area contributed by atoms with E-state index in [-0.39, 0.29) is 19.6 Å². The van der Waals surface area contributed by atoms with Crippen LogP contribution in [0.15, 0.2) is 24.3 Å². The van der Waals surface area contributed by atoms with Crippen LogP contribution in [0.1, 0.15) is 155 Å². The van der Waals surface area contributed by atoms with Crippen molar-refractivity contribution in [3.63, 3.8) is 0 Å². The number of aliphatic hydroxyl groups excluding tert-OH is 2. The first-order chi connectivity index (χ1) is 21.8. The van der Waals surface area contributed by atoms with Gasteiger partial charge in [0.05, 0.1) is 37.9 Å². The summed E-state index contributed by atoms with van der Waals surface area (Å²) in [7, 11) is -4.39. The van der Waals surface area contributed by atoms with Crippen LogP contribution >= 0.6 is 7.82 Å². The monoisotopic (exact) mass is 660 g/mol. The summed E-state index contributed by atoms with van der Waals surface area (Å²) < 4.78 is 21.9. The molecular formula is C35H69N2O7P. The first-order valence-corrected chi connectivity index (χ1v) is 19.5. The Morgan fingerprint density at radius 1 is 0.756 bits per heavy atom. The molecule has 1 amide bonds. The Kier molecular flexibility index (Phi) is 30.8. The van der Waals surface area contributed by atoms with Gasteiger partial charge in [0.2, 0.25) is 5.91 Å². The number of carbonyl (C=O) groups is 1. The highest BCUT2D eigenvalue weighted by molar-refractivity contribution is 7.47. The van der Waals surface area contributed by atoms with Crippen molar-refractivity contribution < 1.29 is 33.5 Å². The summed E-state index contributed by atoms with van der Waals surface area (Å²) in [6.07, 6.45) is 29.8. The molecule has 0 rings (SSSR count). The standard InChI is InChI=1S/C35H69N2O7P/c1-3-5-7-9-11-13-15-16-17-19-21-23-25-27-34(39)33(31-44-45(41,42)43-29-28-36)37-35(40)30-32(38)26-24-22-20-18-14-12-10-8-6-4-2/h12,14,25,27,32-34,38-39H,3-11,13,15-24,26,28-31,36H2,1-2H3,(H,37,40)(H,41,42)/b14-12-,27-25+. The van der Waals surface area contributed by atoms with Gasteiger partial charge in [-0.25, -0.2) is 4.57 Å². The van der Waals surface area contributed by atoms with Gasteiger partial charge in [-0.15, -0.1) is 0 Å². The molecule has 4 atom stereocenters. The number of nitrogens with one attached hydrogen (secondary N) is 1. The van der Waals surface area contributed by atoms with Gasteiger partial charge in [-0.05, 0) is 44.9 Å². The van der Waals surface area contributed by atoms with Crippen molar-refractivity contribution in [2.24, 2.45) is 5.73 Å². The summed E-state index contributed by atoms with van der Waals surface area (Å²) in [5, 5.41) is 23.8. The van der Waals surface area contributed by atoms with Crippen LogP contribution in [-0.4, -0.2) is 59.0 Å². The molecule has 9 nitrogen and oxygen atoms in total. The van der Waals surface area contributed by atoms with Gasteiger partial charge in [-0.2, -0.15) is 0 Å². The maximum Gasteiger partial charge on any atom is 0.472 e. The number of carbonyl (C=O) groups excluding carboxylic acids is 1. The molecule has 0 aliphatic heterocycles. The van der Waals surface area contributed by atoms with Crippen LogP contribution in [0, 0.1) is 0 Å². The van der Waals surface area contributed by atoms with E-state index in [1.54, 1.807) is 6.08 Å². The van der Waals surface area contributed by atoms with Crippen LogP contribution in [0.5, 0.6) is 0 Å². The average Bonchev–Trinajstić information content (AvgIpc) is 3.01. The Morgan fingerprint density at radius 3 is 1.82 bits per heavy atom. The van der Waals surface area contributed by atoms with Crippen LogP contribution in [0.2, 0.25) is 0 Å². The number of rotatable bonds is 33. The molecule has 0 spiro atoms. The summed E-state index contributed by atoms with van der Waals surface area (Å²) in [6.45, 7) is 3.90. The van der Waals surface area contributed by atoms with Gasteiger partial charge in [-0.3, -0.25) is 13.8 Å². The number of phosphoric ester groups is 1. The molecule has 0 aromatic heterocycles. The lowest BCUT2D eigenvalue weighted by Crippen LogP contribution is -2.46. The molecule has 0 bridgehead atoms. The van der Waals surface area contributed by atoms with E-state index in [1.807, 2.05) is 6.08 Å². The van der Waals surface area contributed by atoms with Gasteiger partial charge in [0.1, 0.15) is 0 Å². The lowest BCUT2D eigenvalue weighted by atomic mass is 10.0. The van der Waals surface area contributed by atoms with Gasteiger partial charge in [-0.1, -0.05) is 128 Å². The molecule has 0 aliphatic carbocycles. The van der Waals surface area contributed by atoms with Crippen LogP contribution < -0.4 is 11.1 Å². The molecule has 0 saturated carbocycles. The minimum atomic E-state index is -4.39. The molecule has 0 heterocycles. The Bertz CT molecular complexity index is 781. The second kappa shape index (κ2) is 31.5. The number of nitrogens with two attached hydrogens (primary N) is 1. The number of hydrogen-bond acceptors (Lipinski definition) is 7. The Hall–Kier alpha value is -1.06. The Labute approximate surface area is 275 Å². The smallest absolute Gasteiger partial charge is 0.393 e. The zero-order valence-corrected chi connectivity index (χ0v) is 29.6. The van der Waals surface area contributed by atoms with Gasteiger partial charge < -0.3 is 26.2 Å². The van der Waals surface area contributed by atoms with E-state index < -0.39 is 38.6 Å². The number of phosphoric acid groups is 1. The molecule has 0 saturated heterocycles. The van der Waals surface area contributed by atoms with Crippen LogP contribution in [0.4, 0.5) is 0 Å². The van der Waals surface area contributed by atoms with Crippen LogP contribution in [0.3, 0.4) is 0 Å². The first kappa shape index (κ1) is 43.9. The predicted molar refractivity (Wildman–Crippen MR) is 186 cm³/mol. The van der Waals surface area contributed by atoms with Crippen molar-refractivity contribution in [1.82, 2.24) is 5.32 Å². The predicted octanol–water partition coefficient (Wildman–Crippen LogP) is 8.02. The second-order valence-corrected chi connectivity index (χ2v) is 13.7. The molecular weight excluding hydrogens is 591 g/mol. The SMILES string of the molecule is CCCCC/C=C\CCCCCC(O)CC(=O)NC(COP(=O)(O)OCCN)C(O)/C=C/CCCCCCCCCCCCC. The molecule has 0 aromatic rings. The van der Waals surface area contributed by atoms with E-state index in [0.717, 1.165) is 51.4 Å². The highest BCUT2D eigenvalue weighted by Gasteiger charge is 2.27. The minimum Gasteiger partial charge on any atom is -0.393 e. The largest absolute Gasteiger partial charge is 0.472 e. The summed E-state index contributed by atoms with van der Waals surface area (Å²) >= 11 is 0. The first-order valence-electron chi connectivity index (χ1n) is 18.0. The summed E-state index contributed by atoms with van der Waals surface area (Å²) in [6, 6.07) is -0.982. The lowest BCUT2D eigenvalue weighted by molar-refractivity contribution is -0.124. The van der Waals surface area contributed by atoms with Gasteiger partial charge >= 0.3 is 7.82 Å². The molecule has 266 valence electrons. The summed E-state index contributed by atoms with van der Waals surface area (Å²) in [5.74, 6) is -0.459. The van der Waals surface area contributed by atoms with Crippen LogP contribution in [-0.2, 0) is 18.4 Å². The molecule has 0 aromatic carbocycles. The number of aliphatic hydroxyl groups is 2. The topological polar surface area (TPSA) is 151 Å². The van der Waals surface area contributed by atoms with Crippen molar-refractivity contribution in [3.05, 3.63) is 24.3 Å². The Morgan fingerprint density at radius 2 is 1.24 bits per heavy atom. The summed E-state index contributed by atoms with van der Waals surface area (Å²) in [5.41, 5.74) is 5.33. The van der Waals surface area contributed by atoms with Gasteiger partial charge in [0.25, 0.3) is 0 Å². The zero-order chi connectivity index (χ0) is 33.4. The molecule has 0 radical (unpaired) electrons. The van der Waals surface area contributed by atoms with Gasteiger partial charge in [0.15, 0.2) is 0 Å². The molecule has 0 fully saturated rings.